The fourth-order valence-electron chi connectivity index (χ4n) is 2.68. The highest BCUT2D eigenvalue weighted by Gasteiger charge is 2.27. The third kappa shape index (κ3) is 3.61. The zero-order valence-electron chi connectivity index (χ0n) is 11.9. The van der Waals surface area contributed by atoms with Crippen molar-refractivity contribution in [3.8, 4) is 5.69 Å². The fourth-order valence-corrected chi connectivity index (χ4v) is 2.95. The van der Waals surface area contributed by atoms with E-state index in [4.69, 9.17) is 17.3 Å². The molecule has 2 atom stereocenters. The molecular weight excluding hydrogens is 323 g/mol. The molecule has 1 aromatic carbocycles. The molecule has 3 N–H and O–H groups in total. The summed E-state index contributed by atoms with van der Waals surface area (Å²) in [5, 5.41) is 7.59. The number of nitrogens with zero attached hydrogens (tertiary/aromatic N) is 2. The Balaban J connectivity index is 0.00000176. The van der Waals surface area contributed by atoms with Crippen LogP contribution in [0.2, 0.25) is 5.02 Å². The predicted octanol–water partition coefficient (Wildman–Crippen LogP) is 3.01. The first-order valence-electron chi connectivity index (χ1n) is 6.99. The second-order valence-corrected chi connectivity index (χ2v) is 5.78. The van der Waals surface area contributed by atoms with E-state index in [1.165, 1.54) is 0 Å². The van der Waals surface area contributed by atoms with Crippen LogP contribution in [0.15, 0.2) is 36.7 Å². The number of nitrogens with one attached hydrogen (secondary N) is 1. The number of aromatic nitrogens is 2. The van der Waals surface area contributed by atoms with Crippen LogP contribution in [0, 0.1) is 5.92 Å². The van der Waals surface area contributed by atoms with Gasteiger partial charge in [-0.2, -0.15) is 5.10 Å². The van der Waals surface area contributed by atoms with Crippen LogP contribution in [-0.2, 0) is 4.79 Å². The molecule has 0 saturated heterocycles. The molecule has 1 aromatic heterocycles. The molecule has 0 aliphatic heterocycles. The number of amides is 1. The van der Waals surface area contributed by atoms with Crippen LogP contribution in [0.1, 0.15) is 19.3 Å². The molecular formula is C15H18Cl2N4O. The van der Waals surface area contributed by atoms with Gasteiger partial charge in [0.05, 0.1) is 10.7 Å². The molecule has 1 saturated carbocycles. The number of carbonyl (C=O) groups is 1. The highest BCUT2D eigenvalue weighted by atomic mass is 35.5. The summed E-state index contributed by atoms with van der Waals surface area (Å²) in [4.78, 5) is 12.2. The average Bonchev–Trinajstić information content (AvgIpc) is 3.10. The predicted molar refractivity (Wildman–Crippen MR) is 89.8 cm³/mol. The quantitative estimate of drug-likeness (QED) is 0.901. The third-order valence-corrected chi connectivity index (χ3v) is 4.11. The number of nitrogens with two attached hydrogens (primary N) is 1. The van der Waals surface area contributed by atoms with Gasteiger partial charge in [0.2, 0.25) is 5.91 Å². The number of carbonyl (C=O) groups excluding carboxylic acids is 1. The normalized spacial score (nSPS) is 20.5. The Hall–Kier alpha value is -1.56. The number of hydrogen-bond acceptors (Lipinski definition) is 3. The van der Waals surface area contributed by atoms with Gasteiger partial charge in [-0.25, -0.2) is 4.68 Å². The molecule has 2 unspecified atom stereocenters. The fraction of sp³-hybridized carbons (Fsp3) is 0.333. The summed E-state index contributed by atoms with van der Waals surface area (Å²) in [6.07, 6.45) is 6.03. The molecule has 1 aliphatic carbocycles. The first-order valence-corrected chi connectivity index (χ1v) is 7.37. The van der Waals surface area contributed by atoms with Crippen molar-refractivity contribution in [2.45, 2.75) is 25.3 Å². The van der Waals surface area contributed by atoms with Gasteiger partial charge in [-0.15, -0.1) is 12.4 Å². The van der Waals surface area contributed by atoms with E-state index >= 15 is 0 Å². The molecule has 3 rings (SSSR count). The van der Waals surface area contributed by atoms with Gasteiger partial charge in [0.15, 0.2) is 0 Å². The number of rotatable bonds is 3. The van der Waals surface area contributed by atoms with E-state index in [9.17, 15) is 4.79 Å². The second-order valence-electron chi connectivity index (χ2n) is 5.38. The smallest absolute Gasteiger partial charge is 0.227 e. The van der Waals surface area contributed by atoms with Crippen molar-refractivity contribution in [3.05, 3.63) is 41.7 Å². The maximum atomic E-state index is 12.2. The monoisotopic (exact) mass is 340 g/mol. The van der Waals surface area contributed by atoms with Crippen molar-refractivity contribution in [3.63, 3.8) is 0 Å². The van der Waals surface area contributed by atoms with Gasteiger partial charge < -0.3 is 11.1 Å². The van der Waals surface area contributed by atoms with Crippen molar-refractivity contribution in [1.82, 2.24) is 9.78 Å². The third-order valence-electron chi connectivity index (χ3n) is 3.81. The average molecular weight is 341 g/mol. The van der Waals surface area contributed by atoms with Crippen LogP contribution in [0.4, 0.5) is 5.69 Å². The SMILES string of the molecule is Cl.NC1CCC(C(=O)Nc2ccc(-n3cccn3)c(Cl)c2)C1. The van der Waals surface area contributed by atoms with Crippen molar-refractivity contribution < 1.29 is 4.79 Å². The molecule has 5 nitrogen and oxygen atoms in total. The van der Waals surface area contributed by atoms with Crippen LogP contribution in [0.3, 0.4) is 0 Å². The Morgan fingerprint density at radius 1 is 1.41 bits per heavy atom. The minimum absolute atomic E-state index is 0. The molecule has 1 aliphatic rings. The van der Waals surface area contributed by atoms with E-state index in [1.807, 2.05) is 24.4 Å². The minimum atomic E-state index is 0. The van der Waals surface area contributed by atoms with Crippen molar-refractivity contribution in [1.29, 1.82) is 0 Å². The molecule has 1 amide bonds. The molecule has 1 fully saturated rings. The molecule has 1 heterocycles. The Kier molecular flexibility index (Phi) is 5.45. The number of benzene rings is 1. The van der Waals surface area contributed by atoms with Gasteiger partial charge in [0.25, 0.3) is 0 Å². The van der Waals surface area contributed by atoms with E-state index in [1.54, 1.807) is 16.9 Å². The summed E-state index contributed by atoms with van der Waals surface area (Å²) in [7, 11) is 0. The summed E-state index contributed by atoms with van der Waals surface area (Å²) >= 11 is 6.25. The molecule has 118 valence electrons. The van der Waals surface area contributed by atoms with E-state index in [0.29, 0.717) is 10.7 Å². The number of anilines is 1. The van der Waals surface area contributed by atoms with Gasteiger partial charge in [0, 0.05) is 30.0 Å². The summed E-state index contributed by atoms with van der Waals surface area (Å²) in [6, 6.07) is 7.38. The molecule has 0 spiro atoms. The van der Waals surface area contributed by atoms with Gasteiger partial charge in [-0.1, -0.05) is 11.6 Å². The number of halogens is 2. The summed E-state index contributed by atoms with van der Waals surface area (Å²) < 4.78 is 1.68. The Morgan fingerprint density at radius 3 is 2.82 bits per heavy atom. The Labute approximate surface area is 140 Å². The second kappa shape index (κ2) is 7.13. The molecule has 0 bridgehead atoms. The van der Waals surface area contributed by atoms with Crippen LogP contribution in [0.25, 0.3) is 5.69 Å². The lowest BCUT2D eigenvalue weighted by Gasteiger charge is -2.12. The van der Waals surface area contributed by atoms with Crippen LogP contribution >= 0.6 is 24.0 Å². The summed E-state index contributed by atoms with van der Waals surface area (Å²) in [6.45, 7) is 0. The number of hydrogen-bond donors (Lipinski definition) is 2. The van der Waals surface area contributed by atoms with Crippen LogP contribution in [0.5, 0.6) is 0 Å². The summed E-state index contributed by atoms with van der Waals surface area (Å²) in [5.74, 6) is 0.0235. The topological polar surface area (TPSA) is 72.9 Å². The molecule has 22 heavy (non-hydrogen) atoms. The zero-order chi connectivity index (χ0) is 14.8. The highest BCUT2D eigenvalue weighted by Crippen LogP contribution is 2.27. The lowest BCUT2D eigenvalue weighted by Crippen LogP contribution is -2.23. The lowest BCUT2D eigenvalue weighted by atomic mass is 10.1. The van der Waals surface area contributed by atoms with Crippen molar-refractivity contribution in [2.24, 2.45) is 11.7 Å². The highest BCUT2D eigenvalue weighted by molar-refractivity contribution is 6.32. The van der Waals surface area contributed by atoms with Crippen molar-refractivity contribution in [2.75, 3.05) is 5.32 Å². The van der Waals surface area contributed by atoms with E-state index in [2.05, 4.69) is 10.4 Å². The lowest BCUT2D eigenvalue weighted by molar-refractivity contribution is -0.119. The molecule has 7 heteroatoms. The first-order chi connectivity index (χ1) is 10.1. The van der Waals surface area contributed by atoms with Gasteiger partial charge in [0.1, 0.15) is 0 Å². The minimum Gasteiger partial charge on any atom is -0.328 e. The van der Waals surface area contributed by atoms with E-state index in [-0.39, 0.29) is 30.3 Å². The van der Waals surface area contributed by atoms with Gasteiger partial charge in [-0.3, -0.25) is 4.79 Å². The zero-order valence-corrected chi connectivity index (χ0v) is 13.5. The first kappa shape index (κ1) is 16.8. The summed E-state index contributed by atoms with van der Waals surface area (Å²) in [5.41, 5.74) is 7.32. The molecule has 2 aromatic rings. The van der Waals surface area contributed by atoms with Crippen molar-refractivity contribution >= 4 is 35.6 Å². The largest absolute Gasteiger partial charge is 0.328 e. The van der Waals surface area contributed by atoms with Crippen LogP contribution in [-0.4, -0.2) is 21.7 Å². The Bertz CT molecular complexity index is 645. The standard InChI is InChI=1S/C15H17ClN4O.ClH/c16-13-9-12(4-5-14(13)20-7-1-6-18-20)19-15(21)10-2-3-11(17)8-10;/h1,4-7,9-11H,2-3,8,17H2,(H,19,21);1H. The van der Waals surface area contributed by atoms with Crippen LogP contribution < -0.4 is 11.1 Å². The maximum Gasteiger partial charge on any atom is 0.227 e. The van der Waals surface area contributed by atoms with E-state index < -0.39 is 0 Å². The Morgan fingerprint density at radius 2 is 2.23 bits per heavy atom. The van der Waals surface area contributed by atoms with Gasteiger partial charge >= 0.3 is 0 Å². The van der Waals surface area contributed by atoms with E-state index in [0.717, 1.165) is 24.9 Å². The molecule has 0 radical (unpaired) electrons. The van der Waals surface area contributed by atoms with Gasteiger partial charge in [-0.05, 0) is 43.5 Å². The maximum absolute atomic E-state index is 12.2.